The van der Waals surface area contributed by atoms with Crippen molar-refractivity contribution in [2.75, 3.05) is 0 Å². The quantitative estimate of drug-likeness (QED) is 0.356. The second-order valence-corrected chi connectivity index (χ2v) is 8.00. The van der Waals surface area contributed by atoms with Crippen LogP contribution in [0.2, 0.25) is 5.02 Å². The molecule has 9 heteroatoms. The van der Waals surface area contributed by atoms with Gasteiger partial charge in [0.25, 0.3) is 11.1 Å². The largest absolute Gasteiger partial charge is 0.484 e. The molecule has 0 spiro atoms. The van der Waals surface area contributed by atoms with Crippen LogP contribution in [0.25, 0.3) is 11.5 Å². The summed E-state index contributed by atoms with van der Waals surface area (Å²) in [5.74, 6) is 2.02. The van der Waals surface area contributed by atoms with E-state index in [0.717, 1.165) is 5.56 Å². The van der Waals surface area contributed by atoms with Gasteiger partial charge in [-0.15, -0.1) is 20.4 Å². The summed E-state index contributed by atoms with van der Waals surface area (Å²) in [6, 6.07) is 15.0. The molecule has 0 aliphatic carbocycles. The Bertz CT molecular complexity index is 1080. The highest BCUT2D eigenvalue weighted by atomic mass is 35.5. The molecule has 0 amide bonds. The average Bonchev–Trinajstić information content (AvgIpc) is 3.38. The van der Waals surface area contributed by atoms with Gasteiger partial charge in [0.05, 0.1) is 5.25 Å². The van der Waals surface area contributed by atoms with Gasteiger partial charge in [-0.1, -0.05) is 41.1 Å². The number of aryl methyl sites for hydroxylation is 1. The number of hydrogen-bond donors (Lipinski definition) is 0. The van der Waals surface area contributed by atoms with Gasteiger partial charge in [-0.3, -0.25) is 0 Å². The zero-order valence-electron chi connectivity index (χ0n) is 15.7. The Kier molecular flexibility index (Phi) is 5.82. The number of halogens is 1. The van der Waals surface area contributed by atoms with Gasteiger partial charge < -0.3 is 13.6 Å². The molecule has 0 N–H and O–H groups in total. The van der Waals surface area contributed by atoms with Crippen LogP contribution in [0.5, 0.6) is 5.75 Å². The summed E-state index contributed by atoms with van der Waals surface area (Å²) < 4.78 is 17.0. The minimum atomic E-state index is -0.146. The van der Waals surface area contributed by atoms with Crippen LogP contribution in [-0.4, -0.2) is 20.4 Å². The SMILES string of the molecule is Cc1ccc(-c2nnc([C@@H](C)Sc3nnc(COc4ccc(Cl)cc4)o3)o2)cc1. The maximum Gasteiger partial charge on any atom is 0.277 e. The van der Waals surface area contributed by atoms with Gasteiger partial charge in [-0.2, -0.15) is 0 Å². The van der Waals surface area contributed by atoms with E-state index < -0.39 is 0 Å². The Morgan fingerprint density at radius 1 is 0.966 bits per heavy atom. The fraction of sp³-hybridized carbons (Fsp3) is 0.200. The zero-order valence-corrected chi connectivity index (χ0v) is 17.3. The van der Waals surface area contributed by atoms with E-state index in [1.807, 2.05) is 38.1 Å². The number of ether oxygens (including phenoxy) is 1. The highest BCUT2D eigenvalue weighted by Gasteiger charge is 2.19. The third-order valence-electron chi connectivity index (χ3n) is 3.99. The first-order valence-electron chi connectivity index (χ1n) is 8.84. The molecule has 2 aromatic heterocycles. The average molecular weight is 429 g/mol. The van der Waals surface area contributed by atoms with Gasteiger partial charge in [-0.25, -0.2) is 0 Å². The lowest BCUT2D eigenvalue weighted by atomic mass is 10.1. The number of thioether (sulfide) groups is 1. The molecule has 0 saturated heterocycles. The van der Waals surface area contributed by atoms with Gasteiger partial charge in [-0.05, 0) is 50.2 Å². The summed E-state index contributed by atoms with van der Waals surface area (Å²) in [5, 5.41) is 17.2. The summed E-state index contributed by atoms with van der Waals surface area (Å²) in [6.07, 6.45) is 0. The standard InChI is InChI=1S/C20H17ClN4O3S/c1-12-3-5-14(6-4-12)19-24-23-18(28-19)13(2)29-20-25-22-17(27-20)11-26-16-9-7-15(21)8-10-16/h3-10,13H,11H2,1-2H3/t13-/m1/s1. The maximum atomic E-state index is 5.86. The molecule has 0 radical (unpaired) electrons. The van der Waals surface area contributed by atoms with Crippen molar-refractivity contribution in [3.8, 4) is 17.2 Å². The van der Waals surface area contributed by atoms with Gasteiger partial charge >= 0.3 is 0 Å². The summed E-state index contributed by atoms with van der Waals surface area (Å²) in [5.41, 5.74) is 2.05. The molecule has 2 aromatic carbocycles. The van der Waals surface area contributed by atoms with E-state index in [0.29, 0.717) is 33.7 Å². The van der Waals surface area contributed by atoms with E-state index in [4.69, 9.17) is 25.2 Å². The minimum absolute atomic E-state index is 0.146. The molecule has 7 nitrogen and oxygen atoms in total. The normalized spacial score (nSPS) is 12.1. The molecule has 0 aliphatic heterocycles. The molecule has 4 rings (SSSR count). The first kappa shape index (κ1) is 19.5. The predicted molar refractivity (Wildman–Crippen MR) is 109 cm³/mol. The minimum Gasteiger partial charge on any atom is -0.484 e. The van der Waals surface area contributed by atoms with Crippen LogP contribution in [0.4, 0.5) is 0 Å². The molecule has 0 saturated carbocycles. The Hall–Kier alpha value is -2.84. The molecule has 0 fully saturated rings. The zero-order chi connectivity index (χ0) is 20.2. The Balaban J connectivity index is 1.36. The Labute approximate surface area is 176 Å². The second-order valence-electron chi connectivity index (χ2n) is 6.28. The molecule has 29 heavy (non-hydrogen) atoms. The number of rotatable bonds is 7. The van der Waals surface area contributed by atoms with Crippen molar-refractivity contribution in [1.29, 1.82) is 0 Å². The van der Waals surface area contributed by atoms with Crippen molar-refractivity contribution in [3.05, 3.63) is 70.9 Å². The number of nitrogens with zero attached hydrogens (tertiary/aromatic N) is 4. The molecular formula is C20H17ClN4O3S. The number of benzene rings is 2. The van der Waals surface area contributed by atoms with Crippen LogP contribution in [0.15, 0.2) is 62.6 Å². The van der Waals surface area contributed by atoms with E-state index >= 15 is 0 Å². The summed E-state index contributed by atoms with van der Waals surface area (Å²) >= 11 is 7.20. The molecular weight excluding hydrogens is 412 g/mol. The van der Waals surface area contributed by atoms with Crippen LogP contribution in [0, 0.1) is 6.92 Å². The van der Waals surface area contributed by atoms with Crippen LogP contribution in [0.3, 0.4) is 0 Å². The third kappa shape index (κ3) is 4.96. The van der Waals surface area contributed by atoms with Gasteiger partial charge in [0.1, 0.15) is 5.75 Å². The van der Waals surface area contributed by atoms with E-state index in [1.54, 1.807) is 24.3 Å². The van der Waals surface area contributed by atoms with Crippen molar-refractivity contribution in [2.45, 2.75) is 30.9 Å². The lowest BCUT2D eigenvalue weighted by Crippen LogP contribution is -1.95. The molecule has 148 valence electrons. The van der Waals surface area contributed by atoms with E-state index in [9.17, 15) is 0 Å². The van der Waals surface area contributed by atoms with Crippen LogP contribution < -0.4 is 4.74 Å². The van der Waals surface area contributed by atoms with Gasteiger partial charge in [0, 0.05) is 10.6 Å². The van der Waals surface area contributed by atoms with E-state index in [1.165, 1.54) is 17.3 Å². The van der Waals surface area contributed by atoms with Crippen molar-refractivity contribution in [2.24, 2.45) is 0 Å². The van der Waals surface area contributed by atoms with Crippen LogP contribution in [-0.2, 0) is 6.61 Å². The van der Waals surface area contributed by atoms with Crippen molar-refractivity contribution in [3.63, 3.8) is 0 Å². The first-order valence-corrected chi connectivity index (χ1v) is 10.1. The molecule has 0 bridgehead atoms. The smallest absolute Gasteiger partial charge is 0.277 e. The third-order valence-corrected chi connectivity index (χ3v) is 5.16. The molecule has 0 unspecified atom stereocenters. The predicted octanol–water partition coefficient (Wildman–Crippen LogP) is 5.51. The van der Waals surface area contributed by atoms with Crippen molar-refractivity contribution >= 4 is 23.4 Å². The summed E-state index contributed by atoms with van der Waals surface area (Å²) in [7, 11) is 0. The van der Waals surface area contributed by atoms with E-state index in [-0.39, 0.29) is 11.9 Å². The lowest BCUT2D eigenvalue weighted by molar-refractivity contribution is 0.252. The first-order chi connectivity index (χ1) is 14.1. The van der Waals surface area contributed by atoms with Gasteiger partial charge in [0.15, 0.2) is 6.61 Å². The van der Waals surface area contributed by atoms with Crippen LogP contribution >= 0.6 is 23.4 Å². The van der Waals surface area contributed by atoms with E-state index in [2.05, 4.69) is 20.4 Å². The Morgan fingerprint density at radius 3 is 2.48 bits per heavy atom. The van der Waals surface area contributed by atoms with Crippen molar-refractivity contribution < 1.29 is 13.6 Å². The maximum absolute atomic E-state index is 5.86. The summed E-state index contributed by atoms with van der Waals surface area (Å²) in [4.78, 5) is 0. The van der Waals surface area contributed by atoms with Gasteiger partial charge in [0.2, 0.25) is 11.8 Å². The second kappa shape index (κ2) is 8.67. The summed E-state index contributed by atoms with van der Waals surface area (Å²) in [6.45, 7) is 4.13. The fourth-order valence-electron chi connectivity index (χ4n) is 2.43. The molecule has 2 heterocycles. The molecule has 0 aliphatic rings. The fourth-order valence-corrected chi connectivity index (χ4v) is 3.29. The number of aromatic nitrogens is 4. The molecule has 4 aromatic rings. The monoisotopic (exact) mass is 428 g/mol. The topological polar surface area (TPSA) is 87.1 Å². The highest BCUT2D eigenvalue weighted by Crippen LogP contribution is 2.34. The lowest BCUT2D eigenvalue weighted by Gasteiger charge is -2.03. The highest BCUT2D eigenvalue weighted by molar-refractivity contribution is 7.99. The number of hydrogen-bond acceptors (Lipinski definition) is 8. The van der Waals surface area contributed by atoms with Crippen LogP contribution in [0.1, 0.15) is 29.5 Å². The van der Waals surface area contributed by atoms with Crippen molar-refractivity contribution in [1.82, 2.24) is 20.4 Å². The Morgan fingerprint density at radius 2 is 1.72 bits per heavy atom. The molecule has 1 atom stereocenters.